The number of azide groups is 1. The van der Waals surface area contributed by atoms with Crippen LogP contribution in [0.4, 0.5) is 11.4 Å². The van der Waals surface area contributed by atoms with E-state index in [0.29, 0.717) is 15.7 Å². The lowest BCUT2D eigenvalue weighted by atomic mass is 9.81. The fourth-order valence-corrected chi connectivity index (χ4v) is 4.89. The van der Waals surface area contributed by atoms with Crippen molar-refractivity contribution in [3.05, 3.63) is 41.7 Å². The van der Waals surface area contributed by atoms with Gasteiger partial charge in [0.15, 0.2) is 0 Å². The Bertz CT molecular complexity index is 704. The third kappa shape index (κ3) is 2.21. The minimum atomic E-state index is -0.361. The molecule has 0 heterocycles. The van der Waals surface area contributed by atoms with Crippen LogP contribution in [0.2, 0.25) is 0 Å². The van der Waals surface area contributed by atoms with Crippen LogP contribution < -0.4 is 0 Å². The lowest BCUT2D eigenvalue weighted by Gasteiger charge is -2.22. The number of nitro groups is 1. The van der Waals surface area contributed by atoms with Gasteiger partial charge in [0, 0.05) is 20.5 Å². The minimum Gasteiger partial charge on any atom is -0.258 e. The second-order valence-electron chi connectivity index (χ2n) is 6.78. The highest BCUT2D eigenvalue weighted by Gasteiger charge is 2.49. The van der Waals surface area contributed by atoms with E-state index in [-0.39, 0.29) is 21.4 Å². The molecule has 6 nitrogen and oxygen atoms in total. The Kier molecular flexibility index (Phi) is 3.54. The van der Waals surface area contributed by atoms with Crippen LogP contribution in [0.1, 0.15) is 50.8 Å². The van der Waals surface area contributed by atoms with Crippen molar-refractivity contribution in [1.29, 1.82) is 0 Å². The molecule has 0 atom stereocenters. The van der Waals surface area contributed by atoms with E-state index >= 15 is 0 Å². The first kappa shape index (κ1) is 15.8. The molecule has 1 aliphatic rings. The molecule has 112 valence electrons. The molecular formula is C14H17BrN4O2. The second kappa shape index (κ2) is 4.71. The molecule has 0 amide bonds. The average molecular weight is 353 g/mol. The molecule has 1 aromatic carbocycles. The summed E-state index contributed by atoms with van der Waals surface area (Å²) in [5, 5.41) is 15.3. The van der Waals surface area contributed by atoms with Crippen LogP contribution in [-0.4, -0.2) is 4.92 Å². The van der Waals surface area contributed by atoms with Crippen LogP contribution in [0.25, 0.3) is 10.4 Å². The van der Waals surface area contributed by atoms with Crippen molar-refractivity contribution in [2.24, 2.45) is 5.11 Å². The standard InChI is InChI=1S/C14H17BrN4O2/c1-7-11(17-18-16)10(15)8-9(12(7)19(20)21)14(4,5)6-13(8,2)3/h6H2,1-5H3. The van der Waals surface area contributed by atoms with E-state index in [1.54, 1.807) is 6.92 Å². The summed E-state index contributed by atoms with van der Waals surface area (Å²) < 4.78 is 0.675. The SMILES string of the molecule is Cc1c(N=[N+]=[N-])c(Br)c2c(c1[N+](=O)[O-])C(C)(C)CC2(C)C. The van der Waals surface area contributed by atoms with Crippen molar-refractivity contribution in [1.82, 2.24) is 0 Å². The molecule has 21 heavy (non-hydrogen) atoms. The molecule has 0 bridgehead atoms. The minimum absolute atomic E-state index is 0.0752. The molecule has 0 spiro atoms. The zero-order chi connectivity index (χ0) is 16.2. The molecule has 0 aromatic heterocycles. The van der Waals surface area contributed by atoms with Crippen molar-refractivity contribution in [3.63, 3.8) is 0 Å². The van der Waals surface area contributed by atoms with Crippen molar-refractivity contribution >= 4 is 27.3 Å². The Morgan fingerprint density at radius 2 is 1.81 bits per heavy atom. The van der Waals surface area contributed by atoms with Gasteiger partial charge in [-0.25, -0.2) is 0 Å². The fraction of sp³-hybridized carbons (Fsp3) is 0.571. The Labute approximate surface area is 131 Å². The Hall–Kier alpha value is -1.59. The lowest BCUT2D eigenvalue weighted by molar-refractivity contribution is -0.386. The first-order valence-corrected chi connectivity index (χ1v) is 7.40. The fourth-order valence-electron chi connectivity index (χ4n) is 3.78. The average Bonchev–Trinajstić information content (AvgIpc) is 2.49. The van der Waals surface area contributed by atoms with Gasteiger partial charge in [-0.1, -0.05) is 32.8 Å². The normalized spacial score (nSPS) is 18.0. The predicted octanol–water partition coefficient (Wildman–Crippen LogP) is 5.57. The summed E-state index contributed by atoms with van der Waals surface area (Å²) in [4.78, 5) is 14.1. The van der Waals surface area contributed by atoms with Crippen molar-refractivity contribution in [2.75, 3.05) is 0 Å². The Morgan fingerprint density at radius 1 is 1.29 bits per heavy atom. The van der Waals surface area contributed by atoms with Crippen LogP contribution >= 0.6 is 15.9 Å². The van der Waals surface area contributed by atoms with Crippen LogP contribution in [0.3, 0.4) is 0 Å². The first-order valence-electron chi connectivity index (χ1n) is 6.61. The summed E-state index contributed by atoms with van der Waals surface area (Å²) in [6, 6.07) is 0. The molecule has 1 aliphatic carbocycles. The van der Waals surface area contributed by atoms with Crippen molar-refractivity contribution in [3.8, 4) is 0 Å². The molecule has 1 aromatic rings. The molecule has 2 rings (SSSR count). The largest absolute Gasteiger partial charge is 0.276 e. The van der Waals surface area contributed by atoms with E-state index in [1.165, 1.54) is 0 Å². The van der Waals surface area contributed by atoms with E-state index in [2.05, 4.69) is 39.8 Å². The van der Waals surface area contributed by atoms with Crippen molar-refractivity contribution < 1.29 is 4.92 Å². The zero-order valence-corrected chi connectivity index (χ0v) is 14.3. The lowest BCUT2D eigenvalue weighted by Crippen LogP contribution is -2.18. The quantitative estimate of drug-likeness (QED) is 0.229. The van der Waals surface area contributed by atoms with Crippen LogP contribution in [0.15, 0.2) is 9.59 Å². The number of benzene rings is 1. The van der Waals surface area contributed by atoms with E-state index < -0.39 is 0 Å². The van der Waals surface area contributed by atoms with Gasteiger partial charge in [-0.3, -0.25) is 10.1 Å². The molecular weight excluding hydrogens is 336 g/mol. The molecule has 0 aliphatic heterocycles. The summed E-state index contributed by atoms with van der Waals surface area (Å²) in [6.45, 7) is 9.79. The van der Waals surface area contributed by atoms with Gasteiger partial charge < -0.3 is 0 Å². The number of nitro benzene ring substituents is 1. The van der Waals surface area contributed by atoms with Crippen LogP contribution in [0, 0.1) is 17.0 Å². The van der Waals surface area contributed by atoms with Gasteiger partial charge in [0.1, 0.15) is 0 Å². The smallest absolute Gasteiger partial charge is 0.258 e. The third-order valence-electron chi connectivity index (χ3n) is 4.19. The molecule has 0 N–H and O–H groups in total. The first-order chi connectivity index (χ1) is 9.54. The number of nitrogens with zero attached hydrogens (tertiary/aromatic N) is 4. The number of halogens is 1. The highest BCUT2D eigenvalue weighted by Crippen LogP contribution is 2.58. The zero-order valence-electron chi connectivity index (χ0n) is 12.7. The van der Waals surface area contributed by atoms with E-state index in [1.807, 2.05) is 13.8 Å². The summed E-state index contributed by atoms with van der Waals surface area (Å²) in [6.07, 6.45) is 0.800. The van der Waals surface area contributed by atoms with Gasteiger partial charge in [0.2, 0.25) is 0 Å². The van der Waals surface area contributed by atoms with Gasteiger partial charge in [0.25, 0.3) is 5.69 Å². The van der Waals surface area contributed by atoms with Gasteiger partial charge in [-0.05, 0) is 51.2 Å². The van der Waals surface area contributed by atoms with E-state index in [4.69, 9.17) is 5.53 Å². The number of fused-ring (bicyclic) bond motifs is 1. The molecule has 0 fully saturated rings. The maximum Gasteiger partial charge on any atom is 0.276 e. The van der Waals surface area contributed by atoms with E-state index in [9.17, 15) is 10.1 Å². The van der Waals surface area contributed by atoms with Crippen LogP contribution in [0.5, 0.6) is 0 Å². The van der Waals surface area contributed by atoms with E-state index in [0.717, 1.165) is 17.5 Å². The monoisotopic (exact) mass is 352 g/mol. The van der Waals surface area contributed by atoms with Gasteiger partial charge in [-0.15, -0.1) is 0 Å². The maximum absolute atomic E-state index is 11.6. The van der Waals surface area contributed by atoms with Crippen LogP contribution in [-0.2, 0) is 10.8 Å². The van der Waals surface area contributed by atoms with Crippen molar-refractivity contribution in [2.45, 2.75) is 51.9 Å². The summed E-state index contributed by atoms with van der Waals surface area (Å²) in [5.74, 6) is 0. The summed E-state index contributed by atoms with van der Waals surface area (Å²) in [7, 11) is 0. The highest BCUT2D eigenvalue weighted by molar-refractivity contribution is 9.10. The maximum atomic E-state index is 11.6. The Balaban J connectivity index is 3.06. The molecule has 7 heteroatoms. The van der Waals surface area contributed by atoms with Gasteiger partial charge in [0.05, 0.1) is 10.6 Å². The van der Waals surface area contributed by atoms with Gasteiger partial charge >= 0.3 is 0 Å². The third-order valence-corrected chi connectivity index (χ3v) is 4.96. The van der Waals surface area contributed by atoms with Gasteiger partial charge in [-0.2, -0.15) is 0 Å². The highest BCUT2D eigenvalue weighted by atomic mass is 79.9. The topological polar surface area (TPSA) is 91.9 Å². The molecule has 0 saturated heterocycles. The Morgan fingerprint density at radius 3 is 2.29 bits per heavy atom. The predicted molar refractivity (Wildman–Crippen MR) is 85.0 cm³/mol. The number of hydrogen-bond acceptors (Lipinski definition) is 3. The molecule has 0 radical (unpaired) electrons. The second-order valence-corrected chi connectivity index (χ2v) is 7.57. The number of hydrogen-bond donors (Lipinski definition) is 0. The number of rotatable bonds is 2. The molecule has 0 saturated carbocycles. The molecule has 0 unspecified atom stereocenters. The summed E-state index contributed by atoms with van der Waals surface area (Å²) in [5.41, 5.74) is 10.6. The summed E-state index contributed by atoms with van der Waals surface area (Å²) >= 11 is 3.51.